The summed E-state index contributed by atoms with van der Waals surface area (Å²) in [6, 6.07) is 25.8. The van der Waals surface area contributed by atoms with Crippen LogP contribution in [0.2, 0.25) is 35.7 Å². The van der Waals surface area contributed by atoms with E-state index in [1.54, 1.807) is 24.3 Å². The van der Waals surface area contributed by atoms with E-state index in [4.69, 9.17) is 37.9 Å². The Morgan fingerprint density at radius 3 is 2.28 bits per heavy atom. The molecule has 5 aromatic rings. The zero-order valence-corrected chi connectivity index (χ0v) is 34.0. The molecule has 3 heterocycles. The predicted molar refractivity (Wildman–Crippen MR) is 220 cm³/mol. The smallest absolute Gasteiger partial charge is 0.331 e. The Morgan fingerprint density at radius 1 is 0.870 bits per heavy atom. The number of rotatable bonds is 12. The van der Waals surface area contributed by atoms with Gasteiger partial charge in [-0.25, -0.2) is 9.29 Å². The van der Waals surface area contributed by atoms with Crippen LogP contribution in [0.4, 0.5) is 5.69 Å². The van der Waals surface area contributed by atoms with Gasteiger partial charge < -0.3 is 9.30 Å². The molecule has 1 aliphatic heterocycles. The van der Waals surface area contributed by atoms with Gasteiger partial charge in [-0.15, -0.1) is 0 Å². The van der Waals surface area contributed by atoms with Crippen molar-refractivity contribution >= 4 is 58.7 Å². The molecule has 0 N–H and O–H groups in total. The average molecular weight is 801 g/mol. The molecule has 0 atom stereocenters. The van der Waals surface area contributed by atoms with E-state index in [-0.39, 0.29) is 13.3 Å². The predicted octanol–water partition coefficient (Wildman–Crippen LogP) is 9.66. The van der Waals surface area contributed by atoms with Crippen molar-refractivity contribution < 1.29 is 17.9 Å². The number of allylic oxidation sites excluding steroid dienone is 2. The van der Waals surface area contributed by atoms with E-state index in [2.05, 4.69) is 62.1 Å². The fraction of sp³-hybridized carbons (Fsp3) is 0.293. The summed E-state index contributed by atoms with van der Waals surface area (Å²) in [7, 11) is -5.46. The summed E-state index contributed by atoms with van der Waals surface area (Å²) < 4.78 is 36.4. The molecule has 3 aromatic carbocycles. The second-order valence-electron chi connectivity index (χ2n) is 14.9. The van der Waals surface area contributed by atoms with Gasteiger partial charge in [0.15, 0.2) is 0 Å². The number of hydrogen-bond acceptors (Lipinski definition) is 6. The molecule has 0 radical (unpaired) electrons. The molecule has 0 unspecified atom stereocenters. The maximum atomic E-state index is 13.4. The van der Waals surface area contributed by atoms with Gasteiger partial charge in [0.05, 0.1) is 22.1 Å². The fourth-order valence-corrected chi connectivity index (χ4v) is 9.31. The molecule has 0 saturated carbocycles. The van der Waals surface area contributed by atoms with Crippen LogP contribution in [0, 0.1) is 0 Å². The van der Waals surface area contributed by atoms with Crippen molar-refractivity contribution in [1.29, 1.82) is 0 Å². The molecule has 0 bridgehead atoms. The number of benzene rings is 3. The summed E-state index contributed by atoms with van der Waals surface area (Å²) in [5, 5.41) is 1.01. The first kappa shape index (κ1) is 38.0. The van der Waals surface area contributed by atoms with Crippen molar-refractivity contribution in [1.82, 2.24) is 18.8 Å². The summed E-state index contributed by atoms with van der Waals surface area (Å²) in [6.07, 6.45) is 11.5. The van der Waals surface area contributed by atoms with E-state index in [0.29, 0.717) is 34.5 Å². The topological polar surface area (TPSA) is 97.6 Å². The van der Waals surface area contributed by atoms with E-state index in [1.807, 2.05) is 35.2 Å². The van der Waals surface area contributed by atoms with Crippen molar-refractivity contribution in [3.63, 3.8) is 0 Å². The van der Waals surface area contributed by atoms with Crippen LogP contribution in [-0.2, 0) is 26.2 Å². The van der Waals surface area contributed by atoms with Gasteiger partial charge >= 0.3 is 10.2 Å². The van der Waals surface area contributed by atoms with Gasteiger partial charge in [-0.1, -0.05) is 79.3 Å². The monoisotopic (exact) mass is 799 g/mol. The first-order chi connectivity index (χ1) is 25.9. The molecule has 1 fully saturated rings. The van der Waals surface area contributed by atoms with E-state index < -0.39 is 24.2 Å². The van der Waals surface area contributed by atoms with Gasteiger partial charge in [0.2, 0.25) is 0 Å². The van der Waals surface area contributed by atoms with Gasteiger partial charge in [-0.3, -0.25) is 9.78 Å². The minimum absolute atomic E-state index is 0.289. The van der Waals surface area contributed by atoms with Crippen LogP contribution >= 0.6 is 23.2 Å². The highest BCUT2D eigenvalue weighted by Crippen LogP contribution is 2.33. The maximum absolute atomic E-state index is 13.4. The summed E-state index contributed by atoms with van der Waals surface area (Å²) >= 11 is 12.8. The van der Waals surface area contributed by atoms with Crippen molar-refractivity contribution in [2.24, 2.45) is 0 Å². The highest BCUT2D eigenvalue weighted by molar-refractivity contribution is 7.91. The highest BCUT2D eigenvalue weighted by atomic mass is 35.5. The van der Waals surface area contributed by atoms with Crippen LogP contribution in [0.3, 0.4) is 0 Å². The molecule has 2 aliphatic rings. The van der Waals surface area contributed by atoms with Crippen LogP contribution in [0.1, 0.15) is 42.6 Å². The zero-order chi connectivity index (χ0) is 38.0. The maximum Gasteiger partial charge on any atom is 0.331 e. The van der Waals surface area contributed by atoms with Crippen molar-refractivity contribution in [3.8, 4) is 28.2 Å². The lowest BCUT2D eigenvalue weighted by molar-refractivity contribution is -0.127. The Balaban J connectivity index is 1.12. The molecule has 1 aliphatic carbocycles. The molecular weight excluding hydrogens is 758 g/mol. The standard InChI is InChI=1S/C41H43Cl2N5O4SSi/c1-54(2,3)22-21-52-28-48-41(49)27-47(53(48,50)51)35-17-15-34(16-18-35)46-26-39(36-19-14-33(42)24-37(36)43)45-40(46)23-29-9-11-31(12-10-29)38-20-13-32(25-44-38)30-7-5-4-6-8-30/h7,9-20,24-26H,4-6,8,21-23,27-28H2,1-3H3. The number of amides is 1. The summed E-state index contributed by atoms with van der Waals surface area (Å²) in [4.78, 5) is 22.6. The highest BCUT2D eigenvalue weighted by Gasteiger charge is 2.42. The molecular formula is C41H43Cl2N5O4SSi. The first-order valence-electron chi connectivity index (χ1n) is 18.2. The molecule has 1 amide bonds. The summed E-state index contributed by atoms with van der Waals surface area (Å²) in [6.45, 7) is 6.47. The number of carbonyl (C=O) groups excluding carboxylic acids is 1. The number of pyridine rings is 1. The Hall–Kier alpha value is -4.26. The third-order valence-corrected chi connectivity index (χ3v) is 13.8. The third-order valence-electron chi connectivity index (χ3n) is 9.76. The Labute approximate surface area is 328 Å². The number of aromatic nitrogens is 3. The quantitative estimate of drug-likeness (QED) is 0.0921. The lowest BCUT2D eigenvalue weighted by Crippen LogP contribution is -2.36. The molecule has 54 heavy (non-hydrogen) atoms. The van der Waals surface area contributed by atoms with Crippen LogP contribution in [0.25, 0.3) is 33.8 Å². The third kappa shape index (κ3) is 8.50. The molecule has 13 heteroatoms. The minimum Gasteiger partial charge on any atom is -0.360 e. The van der Waals surface area contributed by atoms with E-state index >= 15 is 0 Å². The number of hydrogen-bond donors (Lipinski definition) is 0. The fourth-order valence-electron chi connectivity index (χ4n) is 6.62. The molecule has 2 aromatic heterocycles. The number of ether oxygens (including phenoxy) is 1. The van der Waals surface area contributed by atoms with E-state index in [1.165, 1.54) is 24.0 Å². The Bertz CT molecular complexity index is 2290. The van der Waals surface area contributed by atoms with Crippen molar-refractivity contribution in [2.45, 2.75) is 57.8 Å². The molecule has 280 valence electrons. The SMILES string of the molecule is C[Si](C)(C)CCOCN1C(=O)CN(c2ccc(-n3cc(-c4ccc(Cl)cc4Cl)nc3Cc3ccc(-c4ccc(C5=CCCCC5)cn4)cc3)cc2)S1(=O)=O. The van der Waals surface area contributed by atoms with Crippen LogP contribution in [0.15, 0.2) is 97.3 Å². The number of nitrogens with zero attached hydrogens (tertiary/aromatic N) is 5. The van der Waals surface area contributed by atoms with Crippen LogP contribution < -0.4 is 4.31 Å². The van der Waals surface area contributed by atoms with Gasteiger partial charge in [-0.2, -0.15) is 12.7 Å². The molecule has 7 rings (SSSR count). The average Bonchev–Trinajstić information content (AvgIpc) is 3.66. The van der Waals surface area contributed by atoms with E-state index in [0.717, 1.165) is 61.4 Å². The number of carbonyl (C=O) groups is 1. The lowest BCUT2D eigenvalue weighted by Gasteiger charge is -2.21. The molecule has 1 saturated heterocycles. The summed E-state index contributed by atoms with van der Waals surface area (Å²) in [5.41, 5.74) is 8.13. The minimum atomic E-state index is -4.09. The first-order valence-corrected chi connectivity index (χ1v) is 24.0. The van der Waals surface area contributed by atoms with Gasteiger partial charge in [-0.05, 0) is 97.0 Å². The van der Waals surface area contributed by atoms with Crippen LogP contribution in [-0.4, -0.2) is 61.1 Å². The largest absolute Gasteiger partial charge is 0.360 e. The second-order valence-corrected chi connectivity index (χ2v) is 23.2. The Kier molecular flexibility index (Phi) is 11.2. The molecule has 9 nitrogen and oxygen atoms in total. The second kappa shape index (κ2) is 15.8. The van der Waals surface area contributed by atoms with E-state index in [9.17, 15) is 13.2 Å². The zero-order valence-electron chi connectivity index (χ0n) is 30.6. The Morgan fingerprint density at radius 2 is 1.61 bits per heavy atom. The lowest BCUT2D eigenvalue weighted by atomic mass is 9.94. The van der Waals surface area contributed by atoms with Crippen molar-refractivity contribution in [2.75, 3.05) is 24.2 Å². The number of anilines is 1. The number of halogens is 2. The normalized spacial score (nSPS) is 15.9. The van der Waals surface area contributed by atoms with Crippen molar-refractivity contribution in [3.05, 3.63) is 124 Å². The van der Waals surface area contributed by atoms with Gasteiger partial charge in [0.1, 0.15) is 19.1 Å². The van der Waals surface area contributed by atoms with Gasteiger partial charge in [0, 0.05) is 55.3 Å². The summed E-state index contributed by atoms with van der Waals surface area (Å²) in [5.74, 6) is 0.231. The number of imidazole rings is 1. The molecule has 0 spiro atoms. The van der Waals surface area contributed by atoms with Crippen LogP contribution in [0.5, 0.6) is 0 Å². The van der Waals surface area contributed by atoms with Gasteiger partial charge in [0.25, 0.3) is 5.91 Å².